The summed E-state index contributed by atoms with van der Waals surface area (Å²) >= 11 is 7.68. The van der Waals surface area contributed by atoms with Crippen LogP contribution in [0.25, 0.3) is 10.2 Å². The van der Waals surface area contributed by atoms with Gasteiger partial charge in [0, 0.05) is 0 Å². The summed E-state index contributed by atoms with van der Waals surface area (Å²) < 4.78 is 14.0. The van der Waals surface area contributed by atoms with E-state index in [2.05, 4.69) is 4.98 Å². The Morgan fingerprint density at radius 2 is 1.96 bits per heavy atom. The third-order valence-corrected chi connectivity index (χ3v) is 5.34. The van der Waals surface area contributed by atoms with E-state index in [4.69, 9.17) is 11.6 Å². The van der Waals surface area contributed by atoms with Crippen LogP contribution in [-0.4, -0.2) is 38.1 Å². The van der Waals surface area contributed by atoms with Gasteiger partial charge >= 0.3 is 0 Å². The summed E-state index contributed by atoms with van der Waals surface area (Å²) in [7, 11) is 4.08. The molecule has 0 spiro atoms. The van der Waals surface area contributed by atoms with Gasteiger partial charge in [-0.3, -0.25) is 9.69 Å². The SMILES string of the molecule is C[NH+](C)CCN(C(=O)Cc1ccc(F)cc1)c1nc2c(Cl)cccc2s1. The highest BCUT2D eigenvalue weighted by atomic mass is 35.5. The first kappa shape index (κ1) is 18.8. The van der Waals surface area contributed by atoms with Crippen molar-refractivity contribution in [3.8, 4) is 0 Å². The zero-order valence-electron chi connectivity index (χ0n) is 14.6. The van der Waals surface area contributed by atoms with E-state index in [0.717, 1.165) is 16.8 Å². The Labute approximate surface area is 160 Å². The van der Waals surface area contributed by atoms with Gasteiger partial charge in [0.05, 0.1) is 43.3 Å². The summed E-state index contributed by atoms with van der Waals surface area (Å²) in [6.07, 6.45) is 0.201. The van der Waals surface area contributed by atoms with Crippen molar-refractivity contribution in [3.05, 3.63) is 58.9 Å². The van der Waals surface area contributed by atoms with Crippen molar-refractivity contribution in [1.82, 2.24) is 4.98 Å². The van der Waals surface area contributed by atoms with Gasteiger partial charge in [-0.1, -0.05) is 41.1 Å². The molecule has 2 aromatic carbocycles. The van der Waals surface area contributed by atoms with E-state index >= 15 is 0 Å². The summed E-state index contributed by atoms with van der Waals surface area (Å²) in [5, 5.41) is 1.22. The van der Waals surface area contributed by atoms with Crippen molar-refractivity contribution in [3.63, 3.8) is 0 Å². The minimum absolute atomic E-state index is 0.0620. The number of carbonyl (C=O) groups is 1. The van der Waals surface area contributed by atoms with Gasteiger partial charge in [0.1, 0.15) is 11.3 Å². The maximum Gasteiger partial charge on any atom is 0.233 e. The molecule has 7 heteroatoms. The average molecular weight is 393 g/mol. The second-order valence-corrected chi connectivity index (χ2v) is 7.81. The summed E-state index contributed by atoms with van der Waals surface area (Å²) in [5.74, 6) is -0.372. The van der Waals surface area contributed by atoms with Crippen LogP contribution in [0.4, 0.5) is 9.52 Å². The number of fused-ring (bicyclic) bond motifs is 1. The third kappa shape index (κ3) is 4.38. The molecule has 0 aliphatic rings. The van der Waals surface area contributed by atoms with Gasteiger partial charge in [-0.2, -0.15) is 0 Å². The smallest absolute Gasteiger partial charge is 0.233 e. The molecule has 0 atom stereocenters. The number of likely N-dealkylation sites (N-methyl/N-ethyl adjacent to an activating group) is 1. The van der Waals surface area contributed by atoms with Crippen LogP contribution in [0.1, 0.15) is 5.56 Å². The number of nitrogens with one attached hydrogen (secondary N) is 1. The lowest BCUT2D eigenvalue weighted by Crippen LogP contribution is -3.06. The molecule has 1 N–H and O–H groups in total. The number of para-hydroxylation sites is 1. The first-order chi connectivity index (χ1) is 12.4. The topological polar surface area (TPSA) is 37.6 Å². The van der Waals surface area contributed by atoms with Crippen LogP contribution in [-0.2, 0) is 11.2 Å². The summed E-state index contributed by atoms with van der Waals surface area (Å²) in [6, 6.07) is 11.6. The Bertz CT molecular complexity index is 911. The summed E-state index contributed by atoms with van der Waals surface area (Å²) in [5.41, 5.74) is 1.49. The number of anilines is 1. The summed E-state index contributed by atoms with van der Waals surface area (Å²) in [6.45, 7) is 1.35. The number of aromatic nitrogens is 1. The standard InChI is InChI=1S/C19H19ClFN3OS/c1-23(2)10-11-24(17(25)12-13-6-8-14(21)9-7-13)19-22-18-15(20)4-3-5-16(18)26-19/h3-9H,10-12H2,1-2H3/p+1. The van der Waals surface area contributed by atoms with Crippen LogP contribution in [0.5, 0.6) is 0 Å². The van der Waals surface area contributed by atoms with Crippen LogP contribution in [0.2, 0.25) is 5.02 Å². The van der Waals surface area contributed by atoms with Crippen molar-refractivity contribution >= 4 is 44.2 Å². The lowest BCUT2D eigenvalue weighted by Gasteiger charge is -2.20. The van der Waals surface area contributed by atoms with E-state index in [1.54, 1.807) is 23.1 Å². The van der Waals surface area contributed by atoms with E-state index in [0.29, 0.717) is 22.2 Å². The number of halogens is 2. The highest BCUT2D eigenvalue weighted by molar-refractivity contribution is 7.22. The minimum atomic E-state index is -0.310. The first-order valence-electron chi connectivity index (χ1n) is 8.33. The van der Waals surface area contributed by atoms with Gasteiger partial charge in [-0.05, 0) is 29.8 Å². The van der Waals surface area contributed by atoms with Gasteiger partial charge in [-0.15, -0.1) is 0 Å². The van der Waals surface area contributed by atoms with Crippen molar-refractivity contribution in [1.29, 1.82) is 0 Å². The zero-order chi connectivity index (χ0) is 18.7. The molecule has 3 aromatic rings. The van der Waals surface area contributed by atoms with Crippen molar-refractivity contribution < 1.29 is 14.1 Å². The van der Waals surface area contributed by atoms with E-state index < -0.39 is 0 Å². The Morgan fingerprint density at radius 3 is 2.62 bits per heavy atom. The Kier molecular flexibility index (Phi) is 5.86. The maximum absolute atomic E-state index is 13.1. The number of carbonyl (C=O) groups excluding carboxylic acids is 1. The predicted molar refractivity (Wildman–Crippen MR) is 105 cm³/mol. The molecule has 1 aromatic heterocycles. The Hall–Kier alpha value is -2.02. The quantitative estimate of drug-likeness (QED) is 0.700. The molecule has 0 unspecified atom stereocenters. The molecule has 3 rings (SSSR count). The molecule has 1 heterocycles. The van der Waals surface area contributed by atoms with E-state index in [1.165, 1.54) is 28.4 Å². The van der Waals surface area contributed by atoms with E-state index in [-0.39, 0.29) is 18.1 Å². The highest BCUT2D eigenvalue weighted by Gasteiger charge is 2.21. The highest BCUT2D eigenvalue weighted by Crippen LogP contribution is 2.32. The number of amides is 1. The molecule has 0 aliphatic carbocycles. The first-order valence-corrected chi connectivity index (χ1v) is 9.52. The van der Waals surface area contributed by atoms with Crippen molar-refractivity contribution in [2.45, 2.75) is 6.42 Å². The molecular weight excluding hydrogens is 373 g/mol. The molecular formula is C19H20ClFN3OS+. The second kappa shape index (κ2) is 8.12. The molecule has 4 nitrogen and oxygen atoms in total. The van der Waals surface area contributed by atoms with Crippen LogP contribution >= 0.6 is 22.9 Å². The van der Waals surface area contributed by atoms with Crippen molar-refractivity contribution in [2.75, 3.05) is 32.1 Å². The molecule has 0 bridgehead atoms. The minimum Gasteiger partial charge on any atom is -0.338 e. The fraction of sp³-hybridized carbons (Fsp3) is 0.263. The van der Waals surface area contributed by atoms with Gasteiger partial charge in [-0.25, -0.2) is 9.37 Å². The number of rotatable bonds is 6. The number of benzene rings is 2. The van der Waals surface area contributed by atoms with Gasteiger partial charge in [0.25, 0.3) is 0 Å². The lowest BCUT2D eigenvalue weighted by atomic mass is 10.1. The molecule has 0 fully saturated rings. The van der Waals surface area contributed by atoms with Gasteiger partial charge < -0.3 is 4.90 Å². The van der Waals surface area contributed by atoms with E-state index in [1.807, 2.05) is 26.2 Å². The Morgan fingerprint density at radius 1 is 1.23 bits per heavy atom. The van der Waals surface area contributed by atoms with Crippen LogP contribution in [0, 0.1) is 5.82 Å². The third-order valence-electron chi connectivity index (χ3n) is 3.99. The van der Waals surface area contributed by atoms with Gasteiger partial charge in [0.2, 0.25) is 5.91 Å². The van der Waals surface area contributed by atoms with Crippen LogP contribution in [0.15, 0.2) is 42.5 Å². The fourth-order valence-corrected chi connectivity index (χ4v) is 3.86. The number of hydrogen-bond donors (Lipinski definition) is 1. The molecule has 0 aliphatic heterocycles. The number of thiazole rings is 1. The number of hydrogen-bond acceptors (Lipinski definition) is 3. The largest absolute Gasteiger partial charge is 0.338 e. The monoisotopic (exact) mass is 392 g/mol. The maximum atomic E-state index is 13.1. The molecule has 26 heavy (non-hydrogen) atoms. The Balaban J connectivity index is 1.88. The normalized spacial score (nSPS) is 11.3. The fourth-order valence-electron chi connectivity index (χ4n) is 2.55. The number of nitrogens with zero attached hydrogens (tertiary/aromatic N) is 2. The second-order valence-electron chi connectivity index (χ2n) is 6.39. The van der Waals surface area contributed by atoms with Crippen LogP contribution in [0.3, 0.4) is 0 Å². The van der Waals surface area contributed by atoms with Crippen LogP contribution < -0.4 is 9.80 Å². The number of quaternary nitrogens is 1. The van der Waals surface area contributed by atoms with Crippen molar-refractivity contribution in [2.24, 2.45) is 0 Å². The average Bonchev–Trinajstić information content (AvgIpc) is 3.02. The summed E-state index contributed by atoms with van der Waals surface area (Å²) in [4.78, 5) is 20.5. The predicted octanol–water partition coefficient (Wildman–Crippen LogP) is 2.81. The molecule has 0 saturated carbocycles. The lowest BCUT2D eigenvalue weighted by molar-refractivity contribution is -0.856. The van der Waals surface area contributed by atoms with Gasteiger partial charge in [0.15, 0.2) is 5.13 Å². The molecule has 0 radical (unpaired) electrons. The zero-order valence-corrected chi connectivity index (χ0v) is 16.2. The molecule has 1 amide bonds. The van der Waals surface area contributed by atoms with E-state index in [9.17, 15) is 9.18 Å². The molecule has 136 valence electrons. The molecule has 0 saturated heterocycles.